The summed E-state index contributed by atoms with van der Waals surface area (Å²) in [6.45, 7) is 9.70. The van der Waals surface area contributed by atoms with Gasteiger partial charge in [0.05, 0.1) is 18.6 Å². The molecule has 26 heavy (non-hydrogen) atoms. The van der Waals surface area contributed by atoms with Crippen molar-refractivity contribution < 1.29 is 14.4 Å². The van der Waals surface area contributed by atoms with Crippen molar-refractivity contribution in [2.45, 2.75) is 39.3 Å². The van der Waals surface area contributed by atoms with Crippen LogP contribution in [-0.2, 0) is 9.59 Å². The molecule has 0 saturated carbocycles. The molecule has 4 amide bonds. The van der Waals surface area contributed by atoms with Crippen LogP contribution in [0.4, 0.5) is 4.79 Å². The summed E-state index contributed by atoms with van der Waals surface area (Å²) in [7, 11) is 1.66. The van der Waals surface area contributed by atoms with E-state index in [0.29, 0.717) is 19.0 Å². The summed E-state index contributed by atoms with van der Waals surface area (Å²) in [5.74, 6) is 0.420. The molecule has 2 heterocycles. The van der Waals surface area contributed by atoms with E-state index in [1.165, 1.54) is 4.90 Å². The van der Waals surface area contributed by atoms with Gasteiger partial charge in [-0.1, -0.05) is 0 Å². The fourth-order valence-electron chi connectivity index (χ4n) is 3.61. The molecule has 0 aromatic rings. The smallest absolute Gasteiger partial charge is 0.324 e. The number of hydrogen-bond donors (Lipinski definition) is 2. The monoisotopic (exact) mass is 480 g/mol. The van der Waals surface area contributed by atoms with Crippen LogP contribution in [0, 0.1) is 0 Å². The molecule has 2 N–H and O–H groups in total. The third kappa shape index (κ3) is 4.77. The third-order valence-electron chi connectivity index (χ3n) is 4.41. The van der Waals surface area contributed by atoms with Crippen LogP contribution in [0.2, 0.25) is 0 Å². The maximum atomic E-state index is 12.5. The van der Waals surface area contributed by atoms with E-state index >= 15 is 0 Å². The average Bonchev–Trinajstić information content (AvgIpc) is 2.80. The number of urea groups is 1. The number of hydrogen-bond acceptors (Lipinski definition) is 4. The minimum Gasteiger partial charge on any atom is -0.354 e. The van der Waals surface area contributed by atoms with Crippen molar-refractivity contribution in [3.8, 4) is 0 Å². The molecular formula is C16H29IN6O3. The molecule has 2 aliphatic heterocycles. The summed E-state index contributed by atoms with van der Waals surface area (Å²) >= 11 is 0. The van der Waals surface area contributed by atoms with E-state index < -0.39 is 0 Å². The van der Waals surface area contributed by atoms with Gasteiger partial charge in [0.1, 0.15) is 0 Å². The summed E-state index contributed by atoms with van der Waals surface area (Å²) < 4.78 is 0. The summed E-state index contributed by atoms with van der Waals surface area (Å²) in [4.78, 5) is 44.9. The van der Waals surface area contributed by atoms with Crippen molar-refractivity contribution in [3.63, 3.8) is 0 Å². The van der Waals surface area contributed by atoms with Crippen molar-refractivity contribution >= 4 is 47.8 Å². The highest BCUT2D eigenvalue weighted by Gasteiger charge is 2.40. The van der Waals surface area contributed by atoms with Crippen LogP contribution in [0.25, 0.3) is 0 Å². The van der Waals surface area contributed by atoms with Gasteiger partial charge in [-0.3, -0.25) is 19.5 Å². The van der Waals surface area contributed by atoms with Gasteiger partial charge in [-0.25, -0.2) is 4.79 Å². The van der Waals surface area contributed by atoms with Crippen molar-refractivity contribution in [1.29, 1.82) is 0 Å². The largest absolute Gasteiger partial charge is 0.354 e. The number of rotatable bonds is 4. The lowest BCUT2D eigenvalue weighted by molar-refractivity contribution is -0.145. The molecule has 2 aliphatic rings. The number of nitrogens with one attached hydrogen (secondary N) is 2. The molecule has 2 fully saturated rings. The molecule has 0 spiro atoms. The van der Waals surface area contributed by atoms with Crippen LogP contribution in [0.3, 0.4) is 0 Å². The maximum Gasteiger partial charge on any atom is 0.324 e. The van der Waals surface area contributed by atoms with Gasteiger partial charge in [-0.15, -0.1) is 24.0 Å². The zero-order valence-electron chi connectivity index (χ0n) is 16.0. The van der Waals surface area contributed by atoms with Gasteiger partial charge in [0.15, 0.2) is 5.96 Å². The number of piperazine rings is 1. The molecular weight excluding hydrogens is 451 g/mol. The highest BCUT2D eigenvalue weighted by Crippen LogP contribution is 2.24. The Morgan fingerprint density at radius 1 is 1.27 bits per heavy atom. The first-order valence-electron chi connectivity index (χ1n) is 8.53. The predicted octanol–water partition coefficient (Wildman–Crippen LogP) is 0.0628. The van der Waals surface area contributed by atoms with Crippen LogP contribution in [0.15, 0.2) is 4.99 Å². The fraction of sp³-hybridized carbons (Fsp3) is 0.750. The summed E-state index contributed by atoms with van der Waals surface area (Å²) in [5, 5.41) is 5.63. The van der Waals surface area contributed by atoms with Crippen LogP contribution < -0.4 is 10.6 Å². The molecule has 0 aromatic heterocycles. The average molecular weight is 480 g/mol. The zero-order valence-corrected chi connectivity index (χ0v) is 18.4. The van der Waals surface area contributed by atoms with Crippen LogP contribution in [0.5, 0.6) is 0 Å². The maximum absolute atomic E-state index is 12.5. The Bertz CT molecular complexity index is 577. The second-order valence-electron chi connectivity index (χ2n) is 7.20. The SMILES string of the molecule is CN=C(NCCN1C(=O)CNC1=O)N1CC(=O)N(C(C)C)C(C)(C)C1.I. The number of imide groups is 1. The van der Waals surface area contributed by atoms with Crippen molar-refractivity contribution in [2.24, 2.45) is 4.99 Å². The van der Waals surface area contributed by atoms with Gasteiger partial charge >= 0.3 is 6.03 Å². The standard InChI is InChI=1S/C16H28N6O3.HI/c1-11(2)22-13(24)9-20(10-16(22,3)4)14(17-5)18-6-7-21-12(23)8-19-15(21)25;/h11H,6-10H2,1-5H3,(H,17,18)(H,19,25);1H. The van der Waals surface area contributed by atoms with E-state index in [4.69, 9.17) is 0 Å². The number of nitrogens with zero attached hydrogens (tertiary/aromatic N) is 4. The van der Waals surface area contributed by atoms with Gasteiger partial charge < -0.3 is 20.4 Å². The lowest BCUT2D eigenvalue weighted by Crippen LogP contribution is -2.66. The van der Waals surface area contributed by atoms with Gasteiger partial charge in [0.25, 0.3) is 0 Å². The molecule has 0 radical (unpaired) electrons. The van der Waals surface area contributed by atoms with Crippen molar-refractivity contribution in [2.75, 3.05) is 39.8 Å². The van der Waals surface area contributed by atoms with Gasteiger partial charge in [-0.05, 0) is 27.7 Å². The van der Waals surface area contributed by atoms with Crippen LogP contribution in [-0.4, -0.2) is 89.9 Å². The Morgan fingerprint density at radius 3 is 2.38 bits per heavy atom. The van der Waals surface area contributed by atoms with Crippen LogP contribution in [0.1, 0.15) is 27.7 Å². The number of aliphatic imine (C=N–C) groups is 1. The first-order valence-corrected chi connectivity index (χ1v) is 8.53. The van der Waals surface area contributed by atoms with E-state index in [9.17, 15) is 14.4 Å². The second kappa shape index (κ2) is 8.87. The molecule has 10 heteroatoms. The zero-order chi connectivity index (χ0) is 18.8. The van der Waals surface area contributed by atoms with E-state index in [2.05, 4.69) is 15.6 Å². The Morgan fingerprint density at radius 2 is 1.92 bits per heavy atom. The first-order chi connectivity index (χ1) is 11.7. The van der Waals surface area contributed by atoms with Crippen molar-refractivity contribution in [1.82, 2.24) is 25.3 Å². The van der Waals surface area contributed by atoms with Crippen LogP contribution >= 0.6 is 24.0 Å². The first kappa shape index (κ1) is 22.5. The van der Waals surface area contributed by atoms with E-state index in [0.717, 1.165) is 0 Å². The molecule has 2 saturated heterocycles. The summed E-state index contributed by atoms with van der Waals surface area (Å²) in [5.41, 5.74) is -0.314. The number of guanidine groups is 1. The Kier molecular flexibility index (Phi) is 7.66. The predicted molar refractivity (Wildman–Crippen MR) is 110 cm³/mol. The molecule has 2 rings (SSSR count). The van der Waals surface area contributed by atoms with Gasteiger partial charge in [0.2, 0.25) is 11.8 Å². The Balaban J connectivity index is 0.00000338. The molecule has 0 atom stereocenters. The normalized spacial score (nSPS) is 20.5. The number of carbonyl (C=O) groups excluding carboxylic acids is 3. The summed E-state index contributed by atoms with van der Waals surface area (Å²) in [6, 6.07) is -0.233. The van der Waals surface area contributed by atoms with E-state index in [-0.39, 0.29) is 73.0 Å². The topological polar surface area (TPSA) is 97.4 Å². The second-order valence-corrected chi connectivity index (χ2v) is 7.20. The molecule has 0 bridgehead atoms. The minimum atomic E-state index is -0.372. The summed E-state index contributed by atoms with van der Waals surface area (Å²) in [6.07, 6.45) is 0. The third-order valence-corrected chi connectivity index (χ3v) is 4.41. The van der Waals surface area contributed by atoms with E-state index in [1.807, 2.05) is 37.5 Å². The fourth-order valence-corrected chi connectivity index (χ4v) is 3.61. The lowest BCUT2D eigenvalue weighted by atomic mass is 9.96. The molecule has 148 valence electrons. The van der Waals surface area contributed by atoms with Gasteiger partial charge in [0, 0.05) is 32.7 Å². The lowest BCUT2D eigenvalue weighted by Gasteiger charge is -2.49. The van der Waals surface area contributed by atoms with E-state index in [1.54, 1.807) is 7.05 Å². The number of halogens is 1. The highest BCUT2D eigenvalue weighted by molar-refractivity contribution is 14.0. The molecule has 0 aromatic carbocycles. The Labute approximate surface area is 171 Å². The van der Waals surface area contributed by atoms with Crippen molar-refractivity contribution in [3.05, 3.63) is 0 Å². The quantitative estimate of drug-likeness (QED) is 0.257. The van der Waals surface area contributed by atoms with Gasteiger partial charge in [-0.2, -0.15) is 0 Å². The Hall–Kier alpha value is -1.59. The molecule has 9 nitrogen and oxygen atoms in total. The molecule has 0 unspecified atom stereocenters. The number of carbonyl (C=O) groups is 3. The minimum absolute atomic E-state index is 0. The number of amides is 4. The highest BCUT2D eigenvalue weighted by atomic mass is 127. The molecule has 0 aliphatic carbocycles.